The first-order chi connectivity index (χ1) is 8.18. The third-order valence-corrected chi connectivity index (χ3v) is 3.26. The fourth-order valence-electron chi connectivity index (χ4n) is 1.78. The van der Waals surface area contributed by atoms with E-state index in [2.05, 4.69) is 32.2 Å². The lowest BCUT2D eigenvalue weighted by Crippen LogP contribution is -2.30. The van der Waals surface area contributed by atoms with Crippen molar-refractivity contribution in [3.63, 3.8) is 0 Å². The molecule has 0 aliphatic carbocycles. The van der Waals surface area contributed by atoms with Crippen LogP contribution in [0.15, 0.2) is 18.2 Å². The van der Waals surface area contributed by atoms with Gasteiger partial charge in [-0.15, -0.1) is 0 Å². The molecule has 1 unspecified atom stereocenters. The zero-order chi connectivity index (χ0) is 12.3. The van der Waals surface area contributed by atoms with Crippen molar-refractivity contribution < 1.29 is 9.47 Å². The van der Waals surface area contributed by atoms with Gasteiger partial charge in [-0.1, -0.05) is 26.0 Å². The summed E-state index contributed by atoms with van der Waals surface area (Å²) in [6, 6.07) is 6.57. The van der Waals surface area contributed by atoms with Gasteiger partial charge in [0.05, 0.1) is 0 Å². The summed E-state index contributed by atoms with van der Waals surface area (Å²) in [7, 11) is 0. The number of ether oxygens (including phenoxy) is 2. The quantitative estimate of drug-likeness (QED) is 0.870. The van der Waals surface area contributed by atoms with Crippen molar-refractivity contribution in [3.05, 3.63) is 23.8 Å². The van der Waals surface area contributed by atoms with Crippen LogP contribution < -0.4 is 14.8 Å². The number of benzene rings is 1. The fourth-order valence-corrected chi connectivity index (χ4v) is 1.78. The molecule has 1 heterocycles. The van der Waals surface area contributed by atoms with E-state index in [1.54, 1.807) is 0 Å². The van der Waals surface area contributed by atoms with Crippen LogP contribution in [0.3, 0.4) is 0 Å². The lowest BCUT2D eigenvalue weighted by atomic mass is 10.1. The normalized spacial score (nSPS) is 16.0. The Balaban J connectivity index is 2.06. The number of hydrogen-bond donors (Lipinski definition) is 1. The van der Waals surface area contributed by atoms with Crippen molar-refractivity contribution in [2.75, 3.05) is 13.2 Å². The summed E-state index contributed by atoms with van der Waals surface area (Å²) in [6.45, 7) is 8.76. The minimum absolute atomic E-state index is 0.496. The topological polar surface area (TPSA) is 30.5 Å². The molecule has 0 amide bonds. The van der Waals surface area contributed by atoms with Gasteiger partial charge >= 0.3 is 0 Å². The third-order valence-electron chi connectivity index (χ3n) is 3.26. The number of rotatable bonds is 4. The molecule has 1 aromatic rings. The maximum atomic E-state index is 5.68. The van der Waals surface area contributed by atoms with Crippen LogP contribution in [0.2, 0.25) is 0 Å². The van der Waals surface area contributed by atoms with Gasteiger partial charge in [-0.25, -0.2) is 0 Å². The Kier molecular flexibility index (Phi) is 3.89. The molecule has 0 saturated carbocycles. The van der Waals surface area contributed by atoms with Crippen LogP contribution in [-0.2, 0) is 6.54 Å². The van der Waals surface area contributed by atoms with E-state index in [1.807, 2.05) is 12.1 Å². The molecule has 1 aliphatic rings. The van der Waals surface area contributed by atoms with Crippen molar-refractivity contribution in [2.24, 2.45) is 5.92 Å². The van der Waals surface area contributed by atoms with E-state index < -0.39 is 0 Å². The molecule has 1 aromatic carbocycles. The van der Waals surface area contributed by atoms with Gasteiger partial charge in [-0.2, -0.15) is 0 Å². The molecule has 1 aliphatic heterocycles. The largest absolute Gasteiger partial charge is 0.486 e. The minimum atomic E-state index is 0.496. The second-order valence-corrected chi connectivity index (χ2v) is 4.85. The molecular formula is C14H21NO2. The molecule has 3 nitrogen and oxygen atoms in total. The van der Waals surface area contributed by atoms with Crippen LogP contribution >= 0.6 is 0 Å². The summed E-state index contributed by atoms with van der Waals surface area (Å²) in [5.41, 5.74) is 1.18. The van der Waals surface area contributed by atoms with Crippen LogP contribution in [0.5, 0.6) is 11.5 Å². The first kappa shape index (κ1) is 12.2. The highest BCUT2D eigenvalue weighted by Crippen LogP contribution is 2.33. The Morgan fingerprint density at radius 3 is 2.71 bits per heavy atom. The van der Waals surface area contributed by atoms with Crippen molar-refractivity contribution >= 4 is 0 Å². The lowest BCUT2D eigenvalue weighted by Gasteiger charge is -2.23. The second-order valence-electron chi connectivity index (χ2n) is 4.85. The number of fused-ring (bicyclic) bond motifs is 1. The van der Waals surface area contributed by atoms with Crippen molar-refractivity contribution in [1.82, 2.24) is 5.32 Å². The average molecular weight is 235 g/mol. The van der Waals surface area contributed by atoms with Gasteiger partial charge in [0.25, 0.3) is 0 Å². The zero-order valence-corrected chi connectivity index (χ0v) is 10.8. The molecule has 0 aromatic heterocycles. The maximum Gasteiger partial charge on any atom is 0.165 e. The van der Waals surface area contributed by atoms with Gasteiger partial charge in [0, 0.05) is 18.2 Å². The lowest BCUT2D eigenvalue weighted by molar-refractivity contribution is 0.169. The van der Waals surface area contributed by atoms with E-state index in [1.165, 1.54) is 5.56 Å². The number of nitrogens with one attached hydrogen (secondary N) is 1. The maximum absolute atomic E-state index is 5.68. The van der Waals surface area contributed by atoms with E-state index in [-0.39, 0.29) is 0 Å². The first-order valence-electron chi connectivity index (χ1n) is 6.29. The van der Waals surface area contributed by atoms with Crippen molar-refractivity contribution in [3.8, 4) is 11.5 Å². The summed E-state index contributed by atoms with van der Waals surface area (Å²) in [4.78, 5) is 0. The highest BCUT2D eigenvalue weighted by molar-refractivity contribution is 5.47. The summed E-state index contributed by atoms with van der Waals surface area (Å²) in [5, 5.41) is 3.51. The Bertz CT molecular complexity index is 376. The Morgan fingerprint density at radius 1 is 1.18 bits per heavy atom. The third kappa shape index (κ3) is 2.91. The monoisotopic (exact) mass is 235 g/mol. The van der Waals surface area contributed by atoms with Crippen molar-refractivity contribution in [1.29, 1.82) is 0 Å². The molecular weight excluding hydrogens is 214 g/mol. The SMILES string of the molecule is CC(C)C(C)NCc1cccc2c1OCCO2. The van der Waals surface area contributed by atoms with Crippen LogP contribution in [0.1, 0.15) is 26.3 Å². The average Bonchev–Trinajstić information content (AvgIpc) is 2.35. The van der Waals surface area contributed by atoms with Crippen LogP contribution in [0.25, 0.3) is 0 Å². The van der Waals surface area contributed by atoms with E-state index in [9.17, 15) is 0 Å². The number of hydrogen-bond acceptors (Lipinski definition) is 3. The van der Waals surface area contributed by atoms with Gasteiger partial charge in [-0.05, 0) is 18.9 Å². The molecule has 0 spiro atoms. The van der Waals surface area contributed by atoms with Gasteiger partial charge in [0.1, 0.15) is 13.2 Å². The smallest absolute Gasteiger partial charge is 0.165 e. The number of para-hydroxylation sites is 1. The Labute approximate surface area is 103 Å². The fraction of sp³-hybridized carbons (Fsp3) is 0.571. The molecule has 0 bridgehead atoms. The zero-order valence-electron chi connectivity index (χ0n) is 10.8. The predicted molar refractivity (Wildman–Crippen MR) is 68.6 cm³/mol. The summed E-state index contributed by atoms with van der Waals surface area (Å²) in [6.07, 6.45) is 0. The van der Waals surface area contributed by atoms with Crippen LogP contribution in [0.4, 0.5) is 0 Å². The standard InChI is InChI=1S/C14H21NO2/c1-10(2)11(3)15-9-12-5-4-6-13-14(12)17-8-7-16-13/h4-6,10-11,15H,7-9H2,1-3H3. The van der Waals surface area contributed by atoms with Crippen molar-refractivity contribution in [2.45, 2.75) is 33.4 Å². The molecule has 2 rings (SSSR count). The van der Waals surface area contributed by atoms with E-state index in [0.29, 0.717) is 25.2 Å². The van der Waals surface area contributed by atoms with Gasteiger partial charge in [0.15, 0.2) is 11.5 Å². The van der Waals surface area contributed by atoms with E-state index in [0.717, 1.165) is 18.0 Å². The summed E-state index contributed by atoms with van der Waals surface area (Å²) in [5.74, 6) is 2.40. The molecule has 0 fully saturated rings. The molecule has 1 atom stereocenters. The molecule has 94 valence electrons. The first-order valence-corrected chi connectivity index (χ1v) is 6.29. The Morgan fingerprint density at radius 2 is 1.94 bits per heavy atom. The minimum Gasteiger partial charge on any atom is -0.486 e. The van der Waals surface area contributed by atoms with Gasteiger partial charge in [-0.3, -0.25) is 0 Å². The predicted octanol–water partition coefficient (Wildman–Crippen LogP) is 2.59. The highest BCUT2D eigenvalue weighted by Gasteiger charge is 2.16. The van der Waals surface area contributed by atoms with Gasteiger partial charge in [0.2, 0.25) is 0 Å². The van der Waals surface area contributed by atoms with Crippen LogP contribution in [-0.4, -0.2) is 19.3 Å². The second kappa shape index (κ2) is 5.41. The Hall–Kier alpha value is -1.22. The summed E-state index contributed by atoms with van der Waals surface area (Å²) < 4.78 is 11.2. The highest BCUT2D eigenvalue weighted by atomic mass is 16.6. The molecule has 3 heteroatoms. The van der Waals surface area contributed by atoms with E-state index in [4.69, 9.17) is 9.47 Å². The molecule has 1 N–H and O–H groups in total. The summed E-state index contributed by atoms with van der Waals surface area (Å²) >= 11 is 0. The molecule has 0 radical (unpaired) electrons. The molecule has 0 saturated heterocycles. The molecule has 17 heavy (non-hydrogen) atoms. The van der Waals surface area contributed by atoms with E-state index >= 15 is 0 Å². The van der Waals surface area contributed by atoms with Crippen LogP contribution in [0, 0.1) is 5.92 Å². The van der Waals surface area contributed by atoms with Gasteiger partial charge < -0.3 is 14.8 Å².